The summed E-state index contributed by atoms with van der Waals surface area (Å²) >= 11 is 0. The lowest BCUT2D eigenvalue weighted by molar-refractivity contribution is 0.460. The van der Waals surface area contributed by atoms with E-state index in [2.05, 4.69) is 22.2 Å². The zero-order chi connectivity index (χ0) is 12.8. The molecule has 0 unspecified atom stereocenters. The van der Waals surface area contributed by atoms with Gasteiger partial charge in [0, 0.05) is 6.54 Å². The molecule has 0 saturated heterocycles. The van der Waals surface area contributed by atoms with Crippen LogP contribution in [0.4, 0.5) is 5.82 Å². The maximum Gasteiger partial charge on any atom is 0.239 e. The molecule has 0 saturated carbocycles. The average Bonchev–Trinajstić information content (AvgIpc) is 2.40. The molecule has 0 aliphatic carbocycles. The first kappa shape index (κ1) is 12.4. The Labute approximate surface area is 107 Å². The molecular weight excluding hydrogens is 226 g/mol. The van der Waals surface area contributed by atoms with Crippen LogP contribution in [0.1, 0.15) is 18.9 Å². The Morgan fingerprint density at radius 1 is 1.17 bits per heavy atom. The molecule has 1 heterocycles. The Kier molecular flexibility index (Phi) is 4.12. The van der Waals surface area contributed by atoms with Crippen molar-refractivity contribution in [2.45, 2.75) is 20.3 Å². The van der Waals surface area contributed by atoms with Crippen LogP contribution in [0.15, 0.2) is 36.7 Å². The molecule has 1 aromatic heterocycles. The van der Waals surface area contributed by atoms with Crippen molar-refractivity contribution >= 4 is 5.82 Å². The molecular formula is C14H17N3O. The van der Waals surface area contributed by atoms with Gasteiger partial charge in [0.05, 0.1) is 12.4 Å². The van der Waals surface area contributed by atoms with E-state index in [0.29, 0.717) is 5.88 Å². The molecule has 0 amide bonds. The molecule has 2 aromatic rings. The second-order valence-electron chi connectivity index (χ2n) is 4.08. The van der Waals surface area contributed by atoms with E-state index in [4.69, 9.17) is 4.74 Å². The van der Waals surface area contributed by atoms with Crippen LogP contribution >= 0.6 is 0 Å². The number of ether oxygens (including phenoxy) is 1. The Bertz CT molecular complexity index is 497. The minimum absolute atomic E-state index is 0.500. The predicted molar refractivity (Wildman–Crippen MR) is 72.1 cm³/mol. The van der Waals surface area contributed by atoms with Crippen molar-refractivity contribution < 1.29 is 4.74 Å². The van der Waals surface area contributed by atoms with Crippen LogP contribution in [-0.4, -0.2) is 16.5 Å². The molecule has 0 spiro atoms. The average molecular weight is 243 g/mol. The standard InChI is InChI=1S/C14H17N3O/c1-3-8-16-13-9-15-10-14(17-13)18-12-6-4-11(2)5-7-12/h4-7,9-10H,3,8H2,1-2H3,(H,16,17). The smallest absolute Gasteiger partial charge is 0.239 e. The topological polar surface area (TPSA) is 47.0 Å². The van der Waals surface area contributed by atoms with E-state index in [1.165, 1.54) is 5.56 Å². The maximum atomic E-state index is 5.64. The lowest BCUT2D eigenvalue weighted by atomic mass is 10.2. The molecule has 4 nitrogen and oxygen atoms in total. The largest absolute Gasteiger partial charge is 0.437 e. The van der Waals surface area contributed by atoms with Crippen molar-refractivity contribution in [2.75, 3.05) is 11.9 Å². The number of hydrogen-bond acceptors (Lipinski definition) is 4. The summed E-state index contributed by atoms with van der Waals surface area (Å²) in [4.78, 5) is 8.43. The molecule has 2 rings (SSSR count). The van der Waals surface area contributed by atoms with Crippen molar-refractivity contribution in [1.82, 2.24) is 9.97 Å². The number of aryl methyl sites for hydroxylation is 1. The zero-order valence-corrected chi connectivity index (χ0v) is 10.7. The lowest BCUT2D eigenvalue weighted by Gasteiger charge is -2.07. The number of benzene rings is 1. The fourth-order valence-corrected chi connectivity index (χ4v) is 1.46. The van der Waals surface area contributed by atoms with Crippen LogP contribution in [0.5, 0.6) is 11.6 Å². The molecule has 0 aliphatic rings. The minimum atomic E-state index is 0.500. The summed E-state index contributed by atoms with van der Waals surface area (Å²) in [6.07, 6.45) is 4.35. The quantitative estimate of drug-likeness (QED) is 0.874. The van der Waals surface area contributed by atoms with Gasteiger partial charge in [-0.2, -0.15) is 4.98 Å². The summed E-state index contributed by atoms with van der Waals surface area (Å²) in [6, 6.07) is 7.84. The van der Waals surface area contributed by atoms with Crippen LogP contribution in [0.2, 0.25) is 0 Å². The van der Waals surface area contributed by atoms with E-state index in [1.54, 1.807) is 12.4 Å². The summed E-state index contributed by atoms with van der Waals surface area (Å²) in [5.74, 6) is 2.00. The number of hydrogen-bond donors (Lipinski definition) is 1. The molecule has 94 valence electrons. The van der Waals surface area contributed by atoms with E-state index in [9.17, 15) is 0 Å². The predicted octanol–water partition coefficient (Wildman–Crippen LogP) is 3.40. The van der Waals surface area contributed by atoms with Gasteiger partial charge in [0.25, 0.3) is 0 Å². The molecule has 0 radical (unpaired) electrons. The third kappa shape index (κ3) is 3.45. The fourth-order valence-electron chi connectivity index (χ4n) is 1.46. The number of nitrogens with zero attached hydrogens (tertiary/aromatic N) is 2. The van der Waals surface area contributed by atoms with E-state index < -0.39 is 0 Å². The van der Waals surface area contributed by atoms with Gasteiger partial charge in [-0.3, -0.25) is 4.98 Å². The van der Waals surface area contributed by atoms with Crippen molar-refractivity contribution in [2.24, 2.45) is 0 Å². The highest BCUT2D eigenvalue weighted by Gasteiger charge is 2.01. The first-order valence-electron chi connectivity index (χ1n) is 6.08. The molecule has 0 aliphatic heterocycles. The van der Waals surface area contributed by atoms with E-state index >= 15 is 0 Å². The first-order chi connectivity index (χ1) is 8.78. The zero-order valence-electron chi connectivity index (χ0n) is 10.7. The summed E-state index contributed by atoms with van der Waals surface area (Å²) in [5, 5.41) is 3.18. The van der Waals surface area contributed by atoms with Gasteiger partial charge in [-0.15, -0.1) is 0 Å². The van der Waals surface area contributed by atoms with Gasteiger partial charge in [0.15, 0.2) is 0 Å². The Morgan fingerprint density at radius 2 is 1.94 bits per heavy atom. The molecule has 0 atom stereocenters. The molecule has 0 fully saturated rings. The summed E-state index contributed by atoms with van der Waals surface area (Å²) in [5.41, 5.74) is 1.20. The normalized spacial score (nSPS) is 10.1. The van der Waals surface area contributed by atoms with Gasteiger partial charge < -0.3 is 10.1 Å². The van der Waals surface area contributed by atoms with Crippen LogP contribution in [0.25, 0.3) is 0 Å². The Morgan fingerprint density at radius 3 is 2.67 bits per heavy atom. The van der Waals surface area contributed by atoms with Crippen molar-refractivity contribution in [3.63, 3.8) is 0 Å². The third-order valence-corrected chi connectivity index (χ3v) is 2.41. The Balaban J connectivity index is 2.06. The SMILES string of the molecule is CCCNc1cncc(Oc2ccc(C)cc2)n1. The molecule has 4 heteroatoms. The number of anilines is 1. The second-order valence-corrected chi connectivity index (χ2v) is 4.08. The number of rotatable bonds is 5. The highest BCUT2D eigenvalue weighted by atomic mass is 16.5. The van der Waals surface area contributed by atoms with Gasteiger partial charge in [0.1, 0.15) is 11.6 Å². The molecule has 18 heavy (non-hydrogen) atoms. The fraction of sp³-hybridized carbons (Fsp3) is 0.286. The van der Waals surface area contributed by atoms with Gasteiger partial charge in [-0.25, -0.2) is 0 Å². The maximum absolute atomic E-state index is 5.64. The van der Waals surface area contributed by atoms with Crippen molar-refractivity contribution in [1.29, 1.82) is 0 Å². The van der Waals surface area contributed by atoms with Gasteiger partial charge in [-0.05, 0) is 25.5 Å². The summed E-state index contributed by atoms with van der Waals surface area (Å²) in [6.45, 7) is 5.02. The van der Waals surface area contributed by atoms with Crippen LogP contribution in [0, 0.1) is 6.92 Å². The van der Waals surface area contributed by atoms with Crippen LogP contribution < -0.4 is 10.1 Å². The second kappa shape index (κ2) is 6.00. The molecule has 1 N–H and O–H groups in total. The summed E-state index contributed by atoms with van der Waals surface area (Å²) in [7, 11) is 0. The molecule has 1 aromatic carbocycles. The van der Waals surface area contributed by atoms with Crippen LogP contribution in [0.3, 0.4) is 0 Å². The van der Waals surface area contributed by atoms with E-state index in [-0.39, 0.29) is 0 Å². The summed E-state index contributed by atoms with van der Waals surface area (Å²) < 4.78 is 5.64. The van der Waals surface area contributed by atoms with Crippen LogP contribution in [-0.2, 0) is 0 Å². The van der Waals surface area contributed by atoms with Crippen molar-refractivity contribution in [3.05, 3.63) is 42.2 Å². The monoisotopic (exact) mass is 243 g/mol. The number of aromatic nitrogens is 2. The van der Waals surface area contributed by atoms with Gasteiger partial charge >= 0.3 is 0 Å². The third-order valence-electron chi connectivity index (χ3n) is 2.41. The van der Waals surface area contributed by atoms with E-state index in [1.807, 2.05) is 31.2 Å². The molecule has 0 bridgehead atoms. The number of nitrogens with one attached hydrogen (secondary N) is 1. The van der Waals surface area contributed by atoms with Gasteiger partial charge in [0.2, 0.25) is 5.88 Å². The van der Waals surface area contributed by atoms with E-state index in [0.717, 1.165) is 24.5 Å². The Hall–Kier alpha value is -2.10. The minimum Gasteiger partial charge on any atom is -0.437 e. The van der Waals surface area contributed by atoms with Crippen molar-refractivity contribution in [3.8, 4) is 11.6 Å². The van der Waals surface area contributed by atoms with Gasteiger partial charge in [-0.1, -0.05) is 24.6 Å². The highest BCUT2D eigenvalue weighted by molar-refractivity contribution is 5.35. The highest BCUT2D eigenvalue weighted by Crippen LogP contribution is 2.19. The lowest BCUT2D eigenvalue weighted by Crippen LogP contribution is -2.02. The first-order valence-corrected chi connectivity index (χ1v) is 6.08.